The molecule has 22 heavy (non-hydrogen) atoms. The molecule has 0 aliphatic carbocycles. The Morgan fingerprint density at radius 3 is 2.73 bits per heavy atom. The van der Waals surface area contributed by atoms with Gasteiger partial charge in [-0.3, -0.25) is 4.99 Å². The minimum absolute atomic E-state index is 0. The van der Waals surface area contributed by atoms with Gasteiger partial charge in [-0.25, -0.2) is 0 Å². The molecule has 0 saturated heterocycles. The molecule has 1 aromatic rings. The summed E-state index contributed by atoms with van der Waals surface area (Å²) in [6, 6.07) is 8.13. The van der Waals surface area contributed by atoms with Crippen LogP contribution in [0.1, 0.15) is 18.9 Å². The maximum atomic E-state index is 5.37. The fourth-order valence-electron chi connectivity index (χ4n) is 1.97. The number of para-hydroxylation sites is 1. The highest BCUT2D eigenvalue weighted by Gasteiger charge is 2.02. The smallest absolute Gasteiger partial charge is 0.191 e. The number of hydrogen-bond donors (Lipinski definition) is 2. The van der Waals surface area contributed by atoms with E-state index in [9.17, 15) is 0 Å². The molecule has 1 aromatic carbocycles. The quantitative estimate of drug-likeness (QED) is 0.270. The van der Waals surface area contributed by atoms with Crippen LogP contribution in [-0.2, 0) is 6.42 Å². The van der Waals surface area contributed by atoms with Crippen LogP contribution >= 0.6 is 35.7 Å². The van der Waals surface area contributed by atoms with Crippen LogP contribution in [0, 0.1) is 0 Å². The largest absolute Gasteiger partial charge is 0.496 e. The van der Waals surface area contributed by atoms with Crippen molar-refractivity contribution in [3.8, 4) is 5.75 Å². The van der Waals surface area contributed by atoms with Crippen molar-refractivity contribution in [2.75, 3.05) is 38.8 Å². The summed E-state index contributed by atoms with van der Waals surface area (Å²) in [5.41, 5.74) is 1.21. The van der Waals surface area contributed by atoms with Crippen LogP contribution in [0.4, 0.5) is 0 Å². The van der Waals surface area contributed by atoms with Crippen molar-refractivity contribution in [2.45, 2.75) is 19.8 Å². The second-order valence-corrected chi connectivity index (χ2v) is 5.58. The molecule has 0 aliphatic rings. The zero-order valence-corrected chi connectivity index (χ0v) is 16.9. The van der Waals surface area contributed by atoms with E-state index >= 15 is 0 Å². The summed E-state index contributed by atoms with van der Waals surface area (Å²) >= 11 is 1.86. The normalized spacial score (nSPS) is 10.8. The molecule has 2 N–H and O–H groups in total. The minimum atomic E-state index is 0. The maximum Gasteiger partial charge on any atom is 0.191 e. The molecule has 0 aliphatic heterocycles. The Bertz CT molecular complexity index is 430. The second-order valence-electron chi connectivity index (χ2n) is 4.60. The summed E-state index contributed by atoms with van der Waals surface area (Å²) < 4.78 is 5.37. The van der Waals surface area contributed by atoms with Crippen molar-refractivity contribution in [1.29, 1.82) is 0 Å². The third-order valence-corrected chi connectivity index (χ3v) is 3.70. The van der Waals surface area contributed by atoms with Crippen LogP contribution in [0.5, 0.6) is 5.75 Å². The third kappa shape index (κ3) is 8.73. The first kappa shape index (κ1) is 21.4. The SMILES string of the molecule is CCNC(=NCCCSC)NCCc1ccccc1OC.I. The Hall–Kier alpha value is -0.630. The van der Waals surface area contributed by atoms with Crippen LogP contribution in [0.3, 0.4) is 0 Å². The minimum Gasteiger partial charge on any atom is -0.496 e. The molecular weight excluding hydrogens is 409 g/mol. The number of nitrogens with zero attached hydrogens (tertiary/aromatic N) is 1. The monoisotopic (exact) mass is 437 g/mol. The molecule has 126 valence electrons. The number of hydrogen-bond acceptors (Lipinski definition) is 3. The second kappa shape index (κ2) is 14.0. The molecule has 0 atom stereocenters. The first-order chi connectivity index (χ1) is 10.3. The van der Waals surface area contributed by atoms with Gasteiger partial charge in [-0.2, -0.15) is 11.8 Å². The van der Waals surface area contributed by atoms with E-state index in [4.69, 9.17) is 4.74 Å². The van der Waals surface area contributed by atoms with Crippen molar-refractivity contribution in [2.24, 2.45) is 4.99 Å². The van der Waals surface area contributed by atoms with E-state index in [0.717, 1.165) is 49.9 Å². The highest BCUT2D eigenvalue weighted by molar-refractivity contribution is 14.0. The summed E-state index contributed by atoms with van der Waals surface area (Å²) in [7, 11) is 1.71. The zero-order valence-electron chi connectivity index (χ0n) is 13.7. The molecule has 0 saturated carbocycles. The Kier molecular flexibility index (Phi) is 13.6. The van der Waals surface area contributed by atoms with E-state index in [1.165, 1.54) is 5.56 Å². The molecule has 0 spiro atoms. The number of aliphatic imine (C=N–C) groups is 1. The fourth-order valence-corrected chi connectivity index (χ4v) is 2.38. The van der Waals surface area contributed by atoms with E-state index in [0.29, 0.717) is 0 Å². The topological polar surface area (TPSA) is 45.7 Å². The maximum absolute atomic E-state index is 5.37. The van der Waals surface area contributed by atoms with E-state index < -0.39 is 0 Å². The van der Waals surface area contributed by atoms with Crippen molar-refractivity contribution >= 4 is 41.7 Å². The van der Waals surface area contributed by atoms with Gasteiger partial charge in [-0.05, 0) is 43.4 Å². The van der Waals surface area contributed by atoms with E-state index in [1.54, 1.807) is 7.11 Å². The molecular formula is C16H28IN3OS. The Morgan fingerprint density at radius 2 is 2.05 bits per heavy atom. The number of benzene rings is 1. The first-order valence-corrected chi connectivity index (χ1v) is 8.84. The van der Waals surface area contributed by atoms with Crippen LogP contribution in [-0.4, -0.2) is 44.7 Å². The molecule has 0 unspecified atom stereocenters. The van der Waals surface area contributed by atoms with E-state index in [1.807, 2.05) is 30.0 Å². The number of rotatable bonds is 9. The van der Waals surface area contributed by atoms with Gasteiger partial charge in [-0.15, -0.1) is 24.0 Å². The zero-order chi connectivity index (χ0) is 15.3. The van der Waals surface area contributed by atoms with Crippen molar-refractivity contribution in [1.82, 2.24) is 10.6 Å². The molecule has 0 fully saturated rings. The van der Waals surface area contributed by atoms with Gasteiger partial charge in [0, 0.05) is 19.6 Å². The number of methoxy groups -OCH3 is 1. The Labute approximate surface area is 155 Å². The number of ether oxygens (including phenoxy) is 1. The molecule has 0 amide bonds. The van der Waals surface area contributed by atoms with Gasteiger partial charge >= 0.3 is 0 Å². The molecule has 0 bridgehead atoms. The Morgan fingerprint density at radius 1 is 1.27 bits per heavy atom. The number of nitrogens with one attached hydrogen (secondary N) is 2. The highest BCUT2D eigenvalue weighted by atomic mass is 127. The van der Waals surface area contributed by atoms with E-state index in [-0.39, 0.29) is 24.0 Å². The summed E-state index contributed by atoms with van der Waals surface area (Å²) in [6.07, 6.45) is 4.16. The van der Waals surface area contributed by atoms with E-state index in [2.05, 4.69) is 34.9 Å². The average molecular weight is 437 g/mol. The number of thioether (sulfide) groups is 1. The van der Waals surface area contributed by atoms with Crippen LogP contribution in [0.25, 0.3) is 0 Å². The molecule has 0 radical (unpaired) electrons. The third-order valence-electron chi connectivity index (χ3n) is 3.00. The summed E-state index contributed by atoms with van der Waals surface area (Å²) in [4.78, 5) is 4.57. The lowest BCUT2D eigenvalue weighted by Crippen LogP contribution is -2.38. The summed E-state index contributed by atoms with van der Waals surface area (Å²) in [5, 5.41) is 6.65. The van der Waals surface area contributed by atoms with Crippen molar-refractivity contribution in [3.63, 3.8) is 0 Å². The van der Waals surface area contributed by atoms with Crippen LogP contribution in [0.2, 0.25) is 0 Å². The molecule has 1 rings (SSSR count). The lowest BCUT2D eigenvalue weighted by atomic mass is 10.1. The van der Waals surface area contributed by atoms with Gasteiger partial charge in [0.1, 0.15) is 5.75 Å². The molecule has 4 nitrogen and oxygen atoms in total. The van der Waals surface area contributed by atoms with Crippen molar-refractivity contribution in [3.05, 3.63) is 29.8 Å². The van der Waals surface area contributed by atoms with Gasteiger partial charge in [0.2, 0.25) is 0 Å². The van der Waals surface area contributed by atoms with Crippen LogP contribution in [0.15, 0.2) is 29.3 Å². The standard InChI is InChI=1S/C16H27N3OS.HI/c1-4-17-16(18-11-7-13-21-3)19-12-10-14-8-5-6-9-15(14)20-2;/h5-6,8-9H,4,7,10-13H2,1-3H3,(H2,17,18,19);1H. The fraction of sp³-hybridized carbons (Fsp3) is 0.562. The van der Waals surface area contributed by atoms with Crippen LogP contribution < -0.4 is 15.4 Å². The predicted molar refractivity (Wildman–Crippen MR) is 109 cm³/mol. The summed E-state index contributed by atoms with van der Waals surface area (Å²) in [5.74, 6) is 3.00. The predicted octanol–water partition coefficient (Wildman–Crippen LogP) is 3.16. The van der Waals surface area contributed by atoms with Gasteiger partial charge in [-0.1, -0.05) is 18.2 Å². The van der Waals surface area contributed by atoms with Crippen molar-refractivity contribution < 1.29 is 4.74 Å². The van der Waals surface area contributed by atoms with Gasteiger partial charge in [0.15, 0.2) is 5.96 Å². The molecule has 0 aromatic heterocycles. The van der Waals surface area contributed by atoms with Gasteiger partial charge in [0.25, 0.3) is 0 Å². The summed E-state index contributed by atoms with van der Waals surface area (Å²) in [6.45, 7) is 4.67. The molecule has 0 heterocycles. The molecule has 6 heteroatoms. The Balaban J connectivity index is 0.00000441. The lowest BCUT2D eigenvalue weighted by Gasteiger charge is -2.12. The lowest BCUT2D eigenvalue weighted by molar-refractivity contribution is 0.409. The van der Waals surface area contributed by atoms with Gasteiger partial charge < -0.3 is 15.4 Å². The average Bonchev–Trinajstić information content (AvgIpc) is 2.52. The number of halogens is 1. The first-order valence-electron chi connectivity index (χ1n) is 7.44. The highest BCUT2D eigenvalue weighted by Crippen LogP contribution is 2.17. The number of guanidine groups is 1. The van der Waals surface area contributed by atoms with Gasteiger partial charge in [0.05, 0.1) is 7.11 Å².